The lowest BCUT2D eigenvalue weighted by molar-refractivity contribution is -0.139. The van der Waals surface area contributed by atoms with Crippen LogP contribution in [0.1, 0.15) is 37.9 Å². The zero-order chi connectivity index (χ0) is 22.2. The summed E-state index contributed by atoms with van der Waals surface area (Å²) >= 11 is 1.85. The standard InChI is InChI=1S/C26H29NO3S/c1-4-6-13-22(10-5-2)31-26-19(3)27(24-15-8-7-14-23(24)26)17-20-11-9-12-21(16-20)30-18-25(28)29/h4,6-12,14-16H,5,13,17-18H2,1-3H3,(H,28,29)/b6-4-,22-10+. The summed E-state index contributed by atoms with van der Waals surface area (Å²) in [4.78, 5) is 13.4. The number of fused-ring (bicyclic) bond motifs is 1. The Morgan fingerprint density at radius 2 is 2.00 bits per heavy atom. The van der Waals surface area contributed by atoms with Gasteiger partial charge < -0.3 is 14.4 Å². The van der Waals surface area contributed by atoms with Crippen molar-refractivity contribution in [3.8, 4) is 5.75 Å². The van der Waals surface area contributed by atoms with Gasteiger partial charge in [0, 0.05) is 28.0 Å². The van der Waals surface area contributed by atoms with Crippen LogP contribution in [0, 0.1) is 6.92 Å². The van der Waals surface area contributed by atoms with E-state index in [4.69, 9.17) is 9.84 Å². The van der Waals surface area contributed by atoms with Crippen LogP contribution in [0.5, 0.6) is 5.75 Å². The second-order valence-electron chi connectivity index (χ2n) is 7.30. The van der Waals surface area contributed by atoms with Crippen molar-refractivity contribution in [3.63, 3.8) is 0 Å². The van der Waals surface area contributed by atoms with Crippen LogP contribution >= 0.6 is 11.8 Å². The fraction of sp³-hybridized carbons (Fsp3) is 0.269. The number of ether oxygens (including phenoxy) is 1. The topological polar surface area (TPSA) is 51.5 Å². The Morgan fingerprint density at radius 1 is 1.19 bits per heavy atom. The fourth-order valence-corrected chi connectivity index (χ4v) is 4.78. The number of carbonyl (C=O) groups is 1. The fourth-order valence-electron chi connectivity index (χ4n) is 3.55. The summed E-state index contributed by atoms with van der Waals surface area (Å²) < 4.78 is 7.69. The lowest BCUT2D eigenvalue weighted by atomic mass is 10.2. The van der Waals surface area contributed by atoms with Crippen molar-refractivity contribution < 1.29 is 14.6 Å². The lowest BCUT2D eigenvalue weighted by Gasteiger charge is -2.11. The molecule has 0 saturated heterocycles. The third-order valence-corrected chi connectivity index (χ3v) is 6.31. The molecule has 0 fully saturated rings. The molecule has 2 aromatic carbocycles. The van der Waals surface area contributed by atoms with Crippen LogP contribution in [0.4, 0.5) is 0 Å². The molecule has 0 radical (unpaired) electrons. The number of para-hydroxylation sites is 1. The number of nitrogens with zero attached hydrogens (tertiary/aromatic N) is 1. The summed E-state index contributed by atoms with van der Waals surface area (Å²) in [6, 6.07) is 16.2. The smallest absolute Gasteiger partial charge is 0.341 e. The van der Waals surface area contributed by atoms with Gasteiger partial charge in [0.2, 0.25) is 0 Å². The van der Waals surface area contributed by atoms with Gasteiger partial charge in [-0.05, 0) is 55.4 Å². The lowest BCUT2D eigenvalue weighted by Crippen LogP contribution is -2.09. The molecule has 162 valence electrons. The van der Waals surface area contributed by atoms with Gasteiger partial charge in [-0.15, -0.1) is 0 Å². The number of hydrogen-bond acceptors (Lipinski definition) is 3. The van der Waals surface area contributed by atoms with E-state index in [1.807, 2.05) is 30.0 Å². The van der Waals surface area contributed by atoms with Gasteiger partial charge in [-0.1, -0.05) is 67.2 Å². The quantitative estimate of drug-likeness (QED) is 0.281. The van der Waals surface area contributed by atoms with Crippen molar-refractivity contribution in [2.24, 2.45) is 0 Å². The van der Waals surface area contributed by atoms with Gasteiger partial charge in [0.15, 0.2) is 6.61 Å². The van der Waals surface area contributed by atoms with Gasteiger partial charge in [0.25, 0.3) is 0 Å². The molecule has 3 rings (SSSR count). The minimum atomic E-state index is -0.979. The summed E-state index contributed by atoms with van der Waals surface area (Å²) in [7, 11) is 0. The third-order valence-electron chi connectivity index (χ3n) is 4.99. The number of benzene rings is 2. The van der Waals surface area contributed by atoms with Crippen LogP contribution in [0.15, 0.2) is 76.6 Å². The van der Waals surface area contributed by atoms with Crippen molar-refractivity contribution in [3.05, 3.63) is 82.9 Å². The van der Waals surface area contributed by atoms with Crippen molar-refractivity contribution in [1.29, 1.82) is 0 Å². The zero-order valence-electron chi connectivity index (χ0n) is 18.3. The normalized spacial score (nSPS) is 12.0. The van der Waals surface area contributed by atoms with E-state index in [0.29, 0.717) is 12.3 Å². The van der Waals surface area contributed by atoms with Crippen LogP contribution in [0.2, 0.25) is 0 Å². The Hall–Kier alpha value is -2.92. The molecule has 31 heavy (non-hydrogen) atoms. The van der Waals surface area contributed by atoms with E-state index in [-0.39, 0.29) is 6.61 Å². The molecule has 0 aliphatic carbocycles. The summed E-state index contributed by atoms with van der Waals surface area (Å²) in [6.45, 7) is 6.76. The predicted octanol–water partition coefficient (Wildman–Crippen LogP) is 6.81. The number of aliphatic carboxylic acids is 1. The first-order valence-electron chi connectivity index (χ1n) is 10.5. The highest BCUT2D eigenvalue weighted by Crippen LogP contribution is 2.39. The molecule has 1 heterocycles. The number of allylic oxidation sites excluding steroid dienone is 4. The first-order chi connectivity index (χ1) is 15.0. The highest BCUT2D eigenvalue weighted by atomic mass is 32.2. The Bertz CT molecular complexity index is 1110. The van der Waals surface area contributed by atoms with Crippen LogP contribution in [-0.4, -0.2) is 22.2 Å². The average Bonchev–Trinajstić information content (AvgIpc) is 3.02. The molecule has 1 aromatic heterocycles. The maximum atomic E-state index is 10.8. The van der Waals surface area contributed by atoms with Gasteiger partial charge in [-0.2, -0.15) is 0 Å². The Morgan fingerprint density at radius 3 is 2.74 bits per heavy atom. The number of aromatic nitrogens is 1. The molecule has 0 amide bonds. The largest absolute Gasteiger partial charge is 0.482 e. The van der Waals surface area contributed by atoms with Crippen LogP contribution in [0.3, 0.4) is 0 Å². The Balaban J connectivity index is 1.95. The molecule has 0 saturated carbocycles. The molecule has 0 aliphatic heterocycles. The van der Waals surface area contributed by atoms with Crippen molar-refractivity contribution in [2.75, 3.05) is 6.61 Å². The van der Waals surface area contributed by atoms with E-state index in [1.165, 1.54) is 26.4 Å². The van der Waals surface area contributed by atoms with Crippen LogP contribution in [-0.2, 0) is 11.3 Å². The van der Waals surface area contributed by atoms with E-state index in [0.717, 1.165) is 18.4 Å². The number of thioether (sulfide) groups is 1. The molecule has 5 heteroatoms. The Kier molecular flexibility index (Phi) is 8.01. The maximum absolute atomic E-state index is 10.8. The van der Waals surface area contributed by atoms with E-state index in [1.54, 1.807) is 6.07 Å². The molecule has 0 aliphatic rings. The zero-order valence-corrected chi connectivity index (χ0v) is 19.1. The second kappa shape index (κ2) is 10.9. The van der Waals surface area contributed by atoms with Gasteiger partial charge >= 0.3 is 5.97 Å². The van der Waals surface area contributed by atoms with Crippen LogP contribution < -0.4 is 4.74 Å². The predicted molar refractivity (Wildman–Crippen MR) is 129 cm³/mol. The number of carboxylic acids is 1. The highest BCUT2D eigenvalue weighted by Gasteiger charge is 2.16. The van der Waals surface area contributed by atoms with Gasteiger partial charge in [-0.3, -0.25) is 0 Å². The first-order valence-corrected chi connectivity index (χ1v) is 11.3. The second-order valence-corrected chi connectivity index (χ2v) is 8.44. The molecule has 4 nitrogen and oxygen atoms in total. The average molecular weight is 436 g/mol. The van der Waals surface area contributed by atoms with E-state index < -0.39 is 5.97 Å². The number of rotatable bonds is 10. The van der Waals surface area contributed by atoms with Gasteiger partial charge in [0.1, 0.15) is 5.75 Å². The minimum Gasteiger partial charge on any atom is -0.482 e. The first kappa shape index (κ1) is 22.8. The summed E-state index contributed by atoms with van der Waals surface area (Å²) in [6.07, 6.45) is 8.56. The maximum Gasteiger partial charge on any atom is 0.341 e. The molecule has 0 bridgehead atoms. The van der Waals surface area contributed by atoms with Gasteiger partial charge in [0.05, 0.1) is 0 Å². The molecule has 0 unspecified atom stereocenters. The van der Waals surface area contributed by atoms with Crippen molar-refractivity contribution >= 4 is 28.6 Å². The Labute approximate surface area is 188 Å². The summed E-state index contributed by atoms with van der Waals surface area (Å²) in [5, 5.41) is 10.1. The van der Waals surface area contributed by atoms with Crippen molar-refractivity contribution in [1.82, 2.24) is 4.57 Å². The molecule has 3 aromatic rings. The molecule has 1 N–H and O–H groups in total. The monoisotopic (exact) mass is 435 g/mol. The van der Waals surface area contributed by atoms with Gasteiger partial charge in [-0.25, -0.2) is 4.79 Å². The van der Waals surface area contributed by atoms with E-state index >= 15 is 0 Å². The van der Waals surface area contributed by atoms with Crippen LogP contribution in [0.25, 0.3) is 10.9 Å². The molecular formula is C26H29NO3S. The summed E-state index contributed by atoms with van der Waals surface area (Å²) in [5.74, 6) is -0.406. The number of hydrogen-bond donors (Lipinski definition) is 1. The van der Waals surface area contributed by atoms with E-state index in [9.17, 15) is 4.79 Å². The SMILES string of the molecule is C/C=C\C/C(=C\CC)Sc1c(C)n(Cc2cccc(OCC(=O)O)c2)c2ccccc12. The van der Waals surface area contributed by atoms with Crippen molar-refractivity contribution in [2.45, 2.75) is 45.1 Å². The van der Waals surface area contributed by atoms with E-state index in [2.05, 4.69) is 67.8 Å². The summed E-state index contributed by atoms with van der Waals surface area (Å²) in [5.41, 5.74) is 3.49. The number of carboxylic acid groups (broad SMARTS) is 1. The molecule has 0 atom stereocenters. The molecular weight excluding hydrogens is 406 g/mol. The molecule has 0 spiro atoms. The minimum absolute atomic E-state index is 0.339. The highest BCUT2D eigenvalue weighted by molar-refractivity contribution is 8.03. The third kappa shape index (κ3) is 5.82.